The molecule has 1 aliphatic heterocycles. The lowest BCUT2D eigenvalue weighted by Gasteiger charge is -2.38. The number of ether oxygens (including phenoxy) is 2. The number of allylic oxidation sites excluding steroid dienone is 2. The number of hydrogen-bond donors (Lipinski definition) is 3. The molecule has 0 bridgehead atoms. The van der Waals surface area contributed by atoms with Crippen LogP contribution in [0.4, 0.5) is 4.39 Å². The van der Waals surface area contributed by atoms with Gasteiger partial charge in [0.05, 0.1) is 0 Å². The van der Waals surface area contributed by atoms with Crippen LogP contribution in [0.1, 0.15) is 45.1 Å². The van der Waals surface area contributed by atoms with E-state index in [4.69, 9.17) is 9.47 Å². The SMILES string of the molecule is CC1=CC[C@@](C(=O)O)(C(=O)NNC=C2C(=O)OC(C)(C)OC2=O)[C@H](c2ccc(F)cc2)C1. The molecule has 1 aromatic rings. The third kappa shape index (κ3) is 4.34. The van der Waals surface area contributed by atoms with Crippen LogP contribution in [0, 0.1) is 11.2 Å². The number of aliphatic carboxylic acids is 1. The summed E-state index contributed by atoms with van der Waals surface area (Å²) in [6, 6.07) is 5.32. The van der Waals surface area contributed by atoms with E-state index in [0.717, 1.165) is 11.8 Å². The second-order valence-electron chi connectivity index (χ2n) is 8.17. The van der Waals surface area contributed by atoms with Crippen molar-refractivity contribution < 1.29 is 38.1 Å². The van der Waals surface area contributed by atoms with Crippen molar-refractivity contribution >= 4 is 23.8 Å². The Hall–Kier alpha value is -3.69. The smallest absolute Gasteiger partial charge is 0.350 e. The van der Waals surface area contributed by atoms with Crippen LogP contribution >= 0.6 is 0 Å². The molecular weight excluding hydrogens is 423 g/mol. The summed E-state index contributed by atoms with van der Waals surface area (Å²) in [5.41, 5.74) is 3.54. The van der Waals surface area contributed by atoms with Gasteiger partial charge in [0.1, 0.15) is 5.82 Å². The molecule has 1 fully saturated rings. The number of nitrogens with one attached hydrogen (secondary N) is 2. The van der Waals surface area contributed by atoms with Gasteiger partial charge in [0.15, 0.2) is 11.0 Å². The molecule has 170 valence electrons. The molecule has 0 unspecified atom stereocenters. The second kappa shape index (κ2) is 8.45. The zero-order valence-electron chi connectivity index (χ0n) is 17.7. The normalized spacial score (nSPS) is 24.6. The lowest BCUT2D eigenvalue weighted by Crippen LogP contribution is -2.54. The lowest BCUT2D eigenvalue weighted by molar-refractivity contribution is -0.222. The zero-order chi connectivity index (χ0) is 23.7. The number of rotatable bonds is 5. The van der Waals surface area contributed by atoms with Crippen molar-refractivity contribution in [3.63, 3.8) is 0 Å². The lowest BCUT2D eigenvalue weighted by atomic mass is 9.64. The fourth-order valence-corrected chi connectivity index (χ4v) is 3.80. The van der Waals surface area contributed by atoms with E-state index in [0.29, 0.717) is 5.56 Å². The van der Waals surface area contributed by atoms with E-state index in [1.54, 1.807) is 6.08 Å². The average Bonchev–Trinajstić information content (AvgIpc) is 2.69. The van der Waals surface area contributed by atoms with Crippen molar-refractivity contribution in [1.29, 1.82) is 0 Å². The highest BCUT2D eigenvalue weighted by Crippen LogP contribution is 2.47. The highest BCUT2D eigenvalue weighted by molar-refractivity contribution is 6.15. The first-order valence-corrected chi connectivity index (χ1v) is 9.83. The van der Waals surface area contributed by atoms with Crippen molar-refractivity contribution in [3.8, 4) is 0 Å². The van der Waals surface area contributed by atoms with E-state index < -0.39 is 52.3 Å². The van der Waals surface area contributed by atoms with Crippen LogP contribution in [-0.2, 0) is 28.7 Å². The van der Waals surface area contributed by atoms with Crippen molar-refractivity contribution in [1.82, 2.24) is 10.9 Å². The predicted octanol–water partition coefficient (Wildman–Crippen LogP) is 2.06. The molecule has 10 heteroatoms. The summed E-state index contributed by atoms with van der Waals surface area (Å²) in [6.45, 7) is 4.60. The van der Waals surface area contributed by atoms with Crippen molar-refractivity contribution in [3.05, 3.63) is 59.1 Å². The molecule has 1 amide bonds. The van der Waals surface area contributed by atoms with Gasteiger partial charge in [-0.2, -0.15) is 0 Å². The maximum absolute atomic E-state index is 13.4. The number of benzene rings is 1. The third-order valence-electron chi connectivity index (χ3n) is 5.47. The number of hydrazine groups is 1. The van der Waals surface area contributed by atoms with Gasteiger partial charge >= 0.3 is 17.9 Å². The second-order valence-corrected chi connectivity index (χ2v) is 8.17. The molecule has 9 nitrogen and oxygen atoms in total. The minimum Gasteiger partial charge on any atom is -0.480 e. The monoisotopic (exact) mass is 446 g/mol. The first kappa shape index (κ1) is 23.0. The van der Waals surface area contributed by atoms with Crippen molar-refractivity contribution in [2.24, 2.45) is 5.41 Å². The largest absolute Gasteiger partial charge is 0.480 e. The molecule has 1 aliphatic carbocycles. The van der Waals surface area contributed by atoms with E-state index in [2.05, 4.69) is 10.9 Å². The molecule has 2 atom stereocenters. The average molecular weight is 446 g/mol. The number of carbonyl (C=O) groups is 4. The molecule has 1 heterocycles. The van der Waals surface area contributed by atoms with Gasteiger partial charge in [0, 0.05) is 26.0 Å². The van der Waals surface area contributed by atoms with E-state index >= 15 is 0 Å². The van der Waals surface area contributed by atoms with Gasteiger partial charge in [-0.1, -0.05) is 23.8 Å². The Morgan fingerprint density at radius 2 is 1.75 bits per heavy atom. The number of halogens is 1. The minimum absolute atomic E-state index is 0.0986. The summed E-state index contributed by atoms with van der Waals surface area (Å²) < 4.78 is 23.3. The van der Waals surface area contributed by atoms with Gasteiger partial charge < -0.3 is 20.0 Å². The Morgan fingerprint density at radius 3 is 2.31 bits per heavy atom. The number of hydrogen-bond acceptors (Lipinski definition) is 7. The predicted molar refractivity (Wildman–Crippen MR) is 108 cm³/mol. The first-order chi connectivity index (χ1) is 15.0. The van der Waals surface area contributed by atoms with Crippen LogP contribution in [-0.4, -0.2) is 34.7 Å². The Bertz CT molecular complexity index is 1010. The standard InChI is InChI=1S/C22H23FN2O7/c1-12-8-9-22(20(29)30,16(10-12)13-4-6-14(23)7-5-13)19(28)25-24-11-15-17(26)31-21(2,3)32-18(15)27/h4-8,11,16,24H,9-10H2,1-3H3,(H,25,28)(H,29,30)/t16-,22-/m0/s1. The Balaban J connectivity index is 1.85. The summed E-state index contributed by atoms with van der Waals surface area (Å²) in [4.78, 5) is 49.5. The molecular formula is C22H23FN2O7. The van der Waals surface area contributed by atoms with Gasteiger partial charge in [-0.05, 0) is 37.5 Å². The molecule has 0 spiro atoms. The summed E-state index contributed by atoms with van der Waals surface area (Å²) in [5.74, 6) is -6.84. The Morgan fingerprint density at radius 1 is 1.16 bits per heavy atom. The van der Waals surface area contributed by atoms with Gasteiger partial charge in [-0.25, -0.2) is 14.0 Å². The highest BCUT2D eigenvalue weighted by atomic mass is 19.1. The van der Waals surface area contributed by atoms with Gasteiger partial charge in [-0.15, -0.1) is 0 Å². The number of cyclic esters (lactones) is 2. The molecule has 32 heavy (non-hydrogen) atoms. The summed E-state index contributed by atoms with van der Waals surface area (Å²) in [6.07, 6.45) is 2.73. The summed E-state index contributed by atoms with van der Waals surface area (Å²) >= 11 is 0. The topological polar surface area (TPSA) is 131 Å². The third-order valence-corrected chi connectivity index (χ3v) is 5.47. The van der Waals surface area contributed by atoms with Gasteiger partial charge in [0.25, 0.3) is 11.7 Å². The molecule has 3 rings (SSSR count). The fourth-order valence-electron chi connectivity index (χ4n) is 3.80. The maximum Gasteiger partial charge on any atom is 0.350 e. The van der Waals surface area contributed by atoms with E-state index in [1.807, 2.05) is 6.92 Å². The van der Waals surface area contributed by atoms with Gasteiger partial charge in [-0.3, -0.25) is 15.0 Å². The highest BCUT2D eigenvalue weighted by Gasteiger charge is 2.54. The van der Waals surface area contributed by atoms with Crippen LogP contribution < -0.4 is 10.9 Å². The van der Waals surface area contributed by atoms with Crippen LogP contribution in [0.3, 0.4) is 0 Å². The molecule has 0 saturated carbocycles. The number of esters is 2. The molecule has 2 aliphatic rings. The van der Waals surface area contributed by atoms with E-state index in [9.17, 15) is 28.7 Å². The van der Waals surface area contributed by atoms with Crippen LogP contribution in [0.5, 0.6) is 0 Å². The van der Waals surface area contributed by atoms with E-state index in [-0.39, 0.29) is 12.8 Å². The first-order valence-electron chi connectivity index (χ1n) is 9.83. The number of carbonyl (C=O) groups excluding carboxylic acids is 3. The molecule has 0 aromatic heterocycles. The number of carboxylic acids is 1. The Labute approximate surface area is 183 Å². The zero-order valence-corrected chi connectivity index (χ0v) is 17.7. The Kier molecular flexibility index (Phi) is 6.07. The maximum atomic E-state index is 13.4. The fraction of sp³-hybridized carbons (Fsp3) is 0.364. The molecule has 0 radical (unpaired) electrons. The molecule has 1 saturated heterocycles. The number of amides is 1. The summed E-state index contributed by atoms with van der Waals surface area (Å²) in [7, 11) is 0. The van der Waals surface area contributed by atoms with Gasteiger partial charge in [0.2, 0.25) is 0 Å². The van der Waals surface area contributed by atoms with E-state index in [1.165, 1.54) is 38.1 Å². The minimum atomic E-state index is -1.90. The van der Waals surface area contributed by atoms with Crippen LogP contribution in [0.15, 0.2) is 47.7 Å². The number of carboxylic acid groups (broad SMARTS) is 1. The van der Waals surface area contributed by atoms with Crippen LogP contribution in [0.2, 0.25) is 0 Å². The molecule has 1 aromatic carbocycles. The quantitative estimate of drug-likeness (QED) is 0.156. The van der Waals surface area contributed by atoms with Crippen molar-refractivity contribution in [2.75, 3.05) is 0 Å². The van der Waals surface area contributed by atoms with Crippen LogP contribution in [0.25, 0.3) is 0 Å². The molecule has 3 N–H and O–H groups in total. The van der Waals surface area contributed by atoms with Crippen molar-refractivity contribution in [2.45, 2.75) is 45.3 Å². The summed E-state index contributed by atoms with van der Waals surface area (Å²) in [5, 5.41) is 10.1.